The predicted octanol–water partition coefficient (Wildman–Crippen LogP) is 12.7. The van der Waals surface area contributed by atoms with E-state index in [1.165, 1.54) is 56.6 Å². The fraction of sp³-hybridized carbons (Fsp3) is 0.0536. The van der Waals surface area contributed by atoms with Crippen LogP contribution in [-0.2, 0) is 14.2 Å². The molecule has 14 nitrogen and oxygen atoms in total. The number of carbonyl (C=O) groups is 3. The number of carbonyl (C=O) groups excluding carboxylic acids is 3. The zero-order chi connectivity index (χ0) is 49.7. The van der Waals surface area contributed by atoms with E-state index in [9.17, 15) is 14.4 Å². The number of benzene rings is 7. The molecular formula is C56H36N8O6S3. The quantitative estimate of drug-likeness (QED) is 0.103. The normalized spacial score (nSPS) is 11.5. The molecule has 17 heteroatoms. The van der Waals surface area contributed by atoms with E-state index in [2.05, 4.69) is 9.97 Å². The summed E-state index contributed by atoms with van der Waals surface area (Å²) in [6, 6.07) is 47.7. The second-order valence-electron chi connectivity index (χ2n) is 16.5. The fourth-order valence-electron chi connectivity index (χ4n) is 8.76. The lowest BCUT2D eigenvalue weighted by atomic mass is 10.1. The average molecular weight is 1010 g/mol. The molecule has 354 valence electrons. The third-order valence-electron chi connectivity index (χ3n) is 12.2. The number of hydrogen-bond acceptors (Lipinski definition) is 15. The molecule has 0 radical (unpaired) electrons. The van der Waals surface area contributed by atoms with Crippen LogP contribution in [0.3, 0.4) is 0 Å². The van der Waals surface area contributed by atoms with Crippen molar-refractivity contribution in [2.75, 3.05) is 21.3 Å². The van der Waals surface area contributed by atoms with Crippen molar-refractivity contribution < 1.29 is 28.6 Å². The number of aromatic amines is 2. The van der Waals surface area contributed by atoms with E-state index >= 15 is 0 Å². The van der Waals surface area contributed by atoms with E-state index in [0.29, 0.717) is 62.6 Å². The van der Waals surface area contributed by atoms with Crippen LogP contribution < -0.4 is 0 Å². The Hall–Kier alpha value is -8.64. The first-order valence-corrected chi connectivity index (χ1v) is 25.1. The van der Waals surface area contributed by atoms with Gasteiger partial charge in [-0.1, -0.05) is 95.9 Å². The minimum Gasteiger partial charge on any atom is -0.465 e. The van der Waals surface area contributed by atoms with Gasteiger partial charge in [0.05, 0.1) is 38.0 Å². The Labute approximate surface area is 428 Å². The molecule has 0 saturated carbocycles. The Morgan fingerprint density at radius 2 is 0.726 bits per heavy atom. The number of nitrogens with zero attached hydrogens (tertiary/aromatic N) is 6. The van der Waals surface area contributed by atoms with Crippen LogP contribution in [0, 0.1) is 0 Å². The van der Waals surface area contributed by atoms with Gasteiger partial charge in [0.2, 0.25) is 0 Å². The lowest BCUT2D eigenvalue weighted by molar-refractivity contribution is 0.0592. The van der Waals surface area contributed by atoms with Crippen LogP contribution in [0.4, 0.5) is 0 Å². The van der Waals surface area contributed by atoms with Crippen LogP contribution in [0.1, 0.15) is 31.1 Å². The number of esters is 3. The third-order valence-corrected chi connectivity index (χ3v) is 15.4. The molecule has 5 heterocycles. The molecule has 8 bridgehead atoms. The van der Waals surface area contributed by atoms with Crippen molar-refractivity contribution in [2.24, 2.45) is 0 Å². The molecular weight excluding hydrogens is 977 g/mol. The van der Waals surface area contributed by atoms with E-state index in [1.807, 2.05) is 115 Å². The van der Waals surface area contributed by atoms with Gasteiger partial charge in [0.1, 0.15) is 22.6 Å². The Bertz CT molecular complexity index is 4020. The fourth-order valence-corrected chi connectivity index (χ4v) is 11.7. The summed E-state index contributed by atoms with van der Waals surface area (Å²) < 4.78 is 14.9. The van der Waals surface area contributed by atoms with Gasteiger partial charge >= 0.3 is 17.9 Å². The minimum absolute atomic E-state index is 0.413. The van der Waals surface area contributed by atoms with E-state index in [-0.39, 0.29) is 0 Å². The van der Waals surface area contributed by atoms with Gasteiger partial charge in [-0.05, 0) is 91.0 Å². The number of fused-ring (bicyclic) bond motifs is 20. The van der Waals surface area contributed by atoms with Gasteiger partial charge in [0.15, 0.2) is 23.3 Å². The van der Waals surface area contributed by atoms with Crippen LogP contribution >= 0.6 is 35.3 Å². The molecule has 3 aromatic heterocycles. The van der Waals surface area contributed by atoms with E-state index in [1.54, 1.807) is 36.4 Å². The van der Waals surface area contributed by atoms with Gasteiger partial charge < -0.3 is 24.2 Å². The molecule has 0 fully saturated rings. The summed E-state index contributed by atoms with van der Waals surface area (Å²) in [4.78, 5) is 81.2. The maximum atomic E-state index is 12.4. The van der Waals surface area contributed by atoms with Crippen molar-refractivity contribution in [3.8, 4) is 45.6 Å². The summed E-state index contributed by atoms with van der Waals surface area (Å²) in [7, 11) is 4.09. The number of rotatable bonds is 9. The molecule has 7 aromatic carbocycles. The average Bonchev–Trinajstić information content (AvgIpc) is 4.18. The molecule has 12 rings (SSSR count). The maximum Gasteiger partial charge on any atom is 0.337 e. The highest BCUT2D eigenvalue weighted by atomic mass is 32.2. The van der Waals surface area contributed by atoms with Gasteiger partial charge in [-0.15, -0.1) is 0 Å². The SMILES string of the molecule is COC(=O)c1ccc(Sc2cccc3c2-c2nc-3nc3[nH]c(nc4nc(nc5[nH]c(n2)c2ccccc52)-c2cccc(Sc5ccc(C(=O)OC)cc5)c2-4)c2cccc(Sc4ccc(C(=O)OC)cc4)c32)cc1. The molecule has 0 amide bonds. The molecule has 2 aliphatic heterocycles. The molecule has 10 aromatic rings. The van der Waals surface area contributed by atoms with Gasteiger partial charge in [-0.2, -0.15) is 0 Å². The van der Waals surface area contributed by atoms with Crippen molar-refractivity contribution in [3.63, 3.8) is 0 Å². The number of methoxy groups -OCH3 is 3. The number of aromatic nitrogens is 8. The van der Waals surface area contributed by atoms with Crippen LogP contribution in [0.5, 0.6) is 0 Å². The topological polar surface area (TPSA) is 188 Å². The summed E-state index contributed by atoms with van der Waals surface area (Å²) in [6.07, 6.45) is 0. The van der Waals surface area contributed by atoms with Crippen LogP contribution in [0.2, 0.25) is 0 Å². The highest BCUT2D eigenvalue weighted by molar-refractivity contribution is 8.00. The summed E-state index contributed by atoms with van der Waals surface area (Å²) in [5.41, 5.74) is 6.56. The Morgan fingerprint density at radius 3 is 1.18 bits per heavy atom. The number of H-pyrrole nitrogens is 2. The minimum atomic E-state index is -0.419. The molecule has 0 aliphatic carbocycles. The Balaban J connectivity index is 1.12. The zero-order valence-electron chi connectivity index (χ0n) is 38.8. The van der Waals surface area contributed by atoms with Gasteiger partial charge in [-0.25, -0.2) is 44.3 Å². The van der Waals surface area contributed by atoms with E-state index < -0.39 is 17.9 Å². The second kappa shape index (κ2) is 18.8. The van der Waals surface area contributed by atoms with Crippen LogP contribution in [0.25, 0.3) is 89.7 Å². The first-order valence-electron chi connectivity index (χ1n) is 22.6. The van der Waals surface area contributed by atoms with Crippen molar-refractivity contribution in [2.45, 2.75) is 29.4 Å². The van der Waals surface area contributed by atoms with Gasteiger partial charge in [-0.3, -0.25) is 0 Å². The molecule has 0 atom stereocenters. The maximum absolute atomic E-state index is 12.4. The molecule has 73 heavy (non-hydrogen) atoms. The molecule has 2 aliphatic rings. The third kappa shape index (κ3) is 8.42. The highest BCUT2D eigenvalue weighted by Crippen LogP contribution is 2.46. The highest BCUT2D eigenvalue weighted by Gasteiger charge is 2.27. The Kier molecular flexibility index (Phi) is 11.7. The summed E-state index contributed by atoms with van der Waals surface area (Å²) in [5.74, 6) is 0.508. The van der Waals surface area contributed by atoms with Gasteiger partial charge in [0.25, 0.3) is 0 Å². The number of hydrogen-bond donors (Lipinski definition) is 2. The summed E-state index contributed by atoms with van der Waals surface area (Å²) in [5, 5.41) is 3.24. The molecule has 0 unspecified atom stereocenters. The van der Waals surface area contributed by atoms with Crippen molar-refractivity contribution >= 4 is 97.3 Å². The smallest absolute Gasteiger partial charge is 0.337 e. The van der Waals surface area contributed by atoms with Crippen molar-refractivity contribution in [1.29, 1.82) is 0 Å². The second-order valence-corrected chi connectivity index (χ2v) is 19.9. The van der Waals surface area contributed by atoms with Crippen molar-refractivity contribution in [1.82, 2.24) is 39.9 Å². The monoisotopic (exact) mass is 1010 g/mol. The molecule has 0 spiro atoms. The zero-order valence-corrected chi connectivity index (χ0v) is 41.2. The first kappa shape index (κ1) is 45.5. The van der Waals surface area contributed by atoms with E-state index in [0.717, 1.165) is 73.2 Å². The van der Waals surface area contributed by atoms with E-state index in [4.69, 9.17) is 44.1 Å². The summed E-state index contributed by atoms with van der Waals surface area (Å²) in [6.45, 7) is 0. The van der Waals surface area contributed by atoms with Gasteiger partial charge in [0, 0.05) is 73.2 Å². The van der Waals surface area contributed by atoms with Crippen LogP contribution in [-0.4, -0.2) is 79.1 Å². The number of ether oxygens (including phenoxy) is 3. The number of nitrogens with one attached hydrogen (secondary N) is 2. The lowest BCUT2D eigenvalue weighted by Gasteiger charge is -2.08. The predicted molar refractivity (Wildman–Crippen MR) is 282 cm³/mol. The summed E-state index contributed by atoms with van der Waals surface area (Å²) >= 11 is 4.56. The first-order chi connectivity index (χ1) is 35.7. The largest absolute Gasteiger partial charge is 0.465 e. The van der Waals surface area contributed by atoms with Crippen molar-refractivity contribution in [3.05, 3.63) is 168 Å². The molecule has 2 N–H and O–H groups in total. The van der Waals surface area contributed by atoms with Crippen LogP contribution in [0.15, 0.2) is 181 Å². The standard InChI is InChI=1S/C56H36N8O6S3/c1-68-54(65)29-17-23-32(24-18-29)71-40-14-6-11-37-43(40)52-60-48(37)58-46-35-9-4-5-10-36(35)47(57-46)59-51-44-38(12-7-15-41(44)72-33-25-19-30(20-26-33)55(66)69-2)49(61-51)63-53-45-39(50(62-52)64-53)13-8-16-42(45)73-34-27-21-31(22-28-34)56(67)70-3/h4-28H,1-3H3,(H2,57,58,59,60,61,62,63,64). The lowest BCUT2D eigenvalue weighted by Crippen LogP contribution is -2.00. The Morgan fingerprint density at radius 1 is 0.370 bits per heavy atom. The molecule has 0 saturated heterocycles.